The fraction of sp³-hybridized carbons (Fsp3) is 0.671. The van der Waals surface area contributed by atoms with E-state index in [0.717, 1.165) is 42.7 Å². The summed E-state index contributed by atoms with van der Waals surface area (Å²) in [4.78, 5) is 166. The van der Waals surface area contributed by atoms with Gasteiger partial charge in [0, 0.05) is 100 Å². The Morgan fingerprint density at radius 1 is 0.530 bits per heavy atom. The van der Waals surface area contributed by atoms with Crippen LogP contribution in [-0.2, 0) is 110 Å². The summed E-state index contributed by atoms with van der Waals surface area (Å²) in [6.07, 6.45) is 22.4. The van der Waals surface area contributed by atoms with Gasteiger partial charge >= 0.3 is 83.2 Å². The molecule has 14 N–H and O–H groups in total. The summed E-state index contributed by atoms with van der Waals surface area (Å²) >= 11 is 1.23. The fourth-order valence-electron chi connectivity index (χ4n) is 12.6. The van der Waals surface area contributed by atoms with Crippen molar-refractivity contribution >= 4 is 151 Å². The number of carbonyl (C=O) groups excluding carboxylic acids is 5. The molecule has 0 spiro atoms. The Morgan fingerprint density at radius 3 is 1.55 bits per heavy atom. The third-order valence-electron chi connectivity index (χ3n) is 18.2. The quantitative estimate of drug-likeness (QED) is 0.0185. The topological polar surface area (TPSA) is 541 Å². The minimum atomic E-state index is -2.02. The van der Waals surface area contributed by atoms with E-state index in [4.69, 9.17) is 38.3 Å². The number of thioether (sulfide) groups is 1. The molecule has 0 fully saturated rings. The van der Waals surface area contributed by atoms with Crippen LogP contribution in [0.25, 0.3) is 12.3 Å². The maximum atomic E-state index is 13.7. The van der Waals surface area contributed by atoms with Crippen LogP contribution in [0.15, 0.2) is 42.9 Å². The number of halogens is 2. The molecule has 0 unspecified atom stereocenters. The van der Waals surface area contributed by atoms with Gasteiger partial charge in [0.2, 0.25) is 5.91 Å². The number of aliphatic carboxylic acids is 7. The number of nitrogens with one attached hydrogen (secondary N) is 2. The van der Waals surface area contributed by atoms with Crippen molar-refractivity contribution in [2.45, 2.75) is 289 Å². The minimum Gasteiger partial charge on any atom is -0.693 e. The van der Waals surface area contributed by atoms with Gasteiger partial charge in [-0.3, -0.25) is 57.5 Å². The second kappa shape index (κ2) is 67.7. The standard InChI is InChI=1S/C59H84N6O20SSi2.C17H35NO2.2ClH.2H2N.Pt.2H2S/c1-87(2,22-10-6-9-13-52(70)71)85-88(3,4)37-86-36-51-60-32-41(33-61-51)34-65-35-45(63-64-65)23-40(26-54(74)75)25-50(69)49(31-56(78)79)62-57(80)44(30-55(76)77)29-47(67)24-39-16-14-38(15-17-39)18-20-46(66)12-8-5-7-11-42(58(81)82)27-48(68)28-43(59(83)84)19-21-53(72)73;1-2-3-4-5-6-7-8-9-10-11-12-13-14-15-16-18-17(19)20;;;;;;;/h14-17,32-33,35,40,42-44,49H,5-13,18-31,34,36-37H2,1-4H3,(H,62,80)(H,70,71)(H,72,73)(H,74,75)(H,76,77)(H,78,79)(H,81,82)(H,83,84);18H,2-16H2,1H3,(H,19,20);2*1H;2*1H2;;2*1H2/q;;;;2*-1;+4;;/p-2/t40-,42-,43-,44+,49+;;;;;;;;/m1......../s1. The molecule has 2 aromatic heterocycles. The number of carboxylic acid groups (broad SMARTS) is 8. The van der Waals surface area contributed by atoms with E-state index in [1.807, 2.05) is 0 Å². The van der Waals surface area contributed by atoms with Crippen LogP contribution in [-0.4, -0.2) is 177 Å². The number of nitrogens with zero attached hydrogens (tertiary/aromatic N) is 5. The van der Waals surface area contributed by atoms with Crippen molar-refractivity contribution in [1.82, 2.24) is 35.6 Å². The molecule has 5 atom stereocenters. The van der Waals surface area contributed by atoms with E-state index < -0.39 is 185 Å². The first-order valence-electron chi connectivity index (χ1n) is 38.3. The molecule has 1 aromatic carbocycles. The number of carboxylic acids is 7. The van der Waals surface area contributed by atoms with Gasteiger partial charge in [0.15, 0.2) is 22.4 Å². The monoisotopic (exact) mass is 1930 g/mol. The largest absolute Gasteiger partial charge is 0.693 e. The van der Waals surface area contributed by atoms with Gasteiger partial charge in [-0.15, -0.1) is 5.10 Å². The van der Waals surface area contributed by atoms with E-state index in [2.05, 4.69) is 64.0 Å². The minimum absolute atomic E-state index is 0. The molecule has 0 saturated carbocycles. The van der Waals surface area contributed by atoms with Crippen molar-refractivity contribution in [2.75, 3.05) is 11.9 Å². The number of hydrogen-bond donors (Lipinski definition) is 10. The number of hydrogen-bond acceptors (Lipinski definition) is 19. The number of Topliss-reactive ketones (excluding diaryl/α,β-unsaturated/α-hetero) is 4. The SMILES string of the molecule is CCCCCCCCCCCCCCCCNC(=O)O.C[Si](C)(CCCCCC(=O)O)O[Si](C)(C)CSCc1ncc(Cn2cc(C[C@@H](CC(=O)O)CC(=O)[C@H](CC(=O)O)NC(=O)[C@H](CC(=O)O)CC(=O)Cc3ccc(CCC(=O)CCCCC[C@H](CC(=O)C[C@@H](CCC(=O)O)C(=O)O)C(=O)O)cc3)nn2)cn1.S.S.[Cl][Pt+2][Cl].[NH2-].[NH2-]. The molecule has 0 bridgehead atoms. The molecule has 0 saturated heterocycles. The van der Waals surface area contributed by atoms with Crippen LogP contribution >= 0.6 is 57.6 Å². The number of unbranched alkanes of at least 4 members (excludes halogenated alkanes) is 17. The molecule has 2 heterocycles. The molecule has 115 heavy (non-hydrogen) atoms. The van der Waals surface area contributed by atoms with Crippen molar-refractivity contribution in [1.29, 1.82) is 0 Å². The molecule has 3 aromatic rings. The van der Waals surface area contributed by atoms with E-state index in [1.165, 1.54) is 81.7 Å². The second-order valence-electron chi connectivity index (χ2n) is 29.5. The maximum absolute atomic E-state index is 13.7. The van der Waals surface area contributed by atoms with Crippen molar-refractivity contribution in [3.63, 3.8) is 0 Å². The molecule has 658 valence electrons. The van der Waals surface area contributed by atoms with Crippen LogP contribution in [0.2, 0.25) is 32.2 Å². The number of nitrogens with two attached hydrogens (primary N) is 2. The van der Waals surface area contributed by atoms with Gasteiger partial charge in [0.25, 0.3) is 0 Å². The Morgan fingerprint density at radius 2 is 1.03 bits per heavy atom. The molecule has 0 aliphatic carbocycles. The summed E-state index contributed by atoms with van der Waals surface area (Å²) in [6, 6.07) is 5.95. The van der Waals surface area contributed by atoms with Crippen LogP contribution in [0.3, 0.4) is 0 Å². The van der Waals surface area contributed by atoms with E-state index in [1.54, 1.807) is 54.6 Å². The van der Waals surface area contributed by atoms with E-state index >= 15 is 0 Å². The zero-order valence-corrected chi connectivity index (χ0v) is 75.7. The van der Waals surface area contributed by atoms with Gasteiger partial charge in [-0.2, -0.15) is 38.8 Å². The van der Waals surface area contributed by atoms with E-state index in [9.17, 15) is 87.9 Å². The van der Waals surface area contributed by atoms with E-state index in [-0.39, 0.29) is 96.6 Å². The summed E-state index contributed by atoms with van der Waals surface area (Å²) in [5.41, 5.74) is 2.30. The third-order valence-corrected chi connectivity index (χ3v) is 28.2. The second-order valence-corrected chi connectivity index (χ2v) is 43.0. The Labute approximate surface area is 713 Å². The van der Waals surface area contributed by atoms with Crippen LogP contribution in [0.1, 0.15) is 247 Å². The molecule has 0 aliphatic heterocycles. The first-order chi connectivity index (χ1) is 52.5. The Balaban J connectivity index is -0.00000197. The number of benzene rings is 1. The number of amides is 2. The molecule has 0 aliphatic rings. The van der Waals surface area contributed by atoms with Crippen LogP contribution in [0.4, 0.5) is 4.79 Å². The Hall–Kier alpha value is -6.22. The van der Waals surface area contributed by atoms with Gasteiger partial charge in [0.1, 0.15) is 23.2 Å². The van der Waals surface area contributed by atoms with Crippen molar-refractivity contribution in [3.05, 3.63) is 83.4 Å². The van der Waals surface area contributed by atoms with Crippen LogP contribution in [0, 0.1) is 23.7 Å². The summed E-state index contributed by atoms with van der Waals surface area (Å²) in [5, 5.41) is 88.1. The van der Waals surface area contributed by atoms with Crippen molar-refractivity contribution in [2.24, 2.45) is 23.7 Å². The van der Waals surface area contributed by atoms with Gasteiger partial charge < -0.3 is 67.9 Å². The van der Waals surface area contributed by atoms with E-state index in [0.29, 0.717) is 67.0 Å². The Bertz CT molecular complexity index is 3340. The molecular weight excluding hydrogens is 1810 g/mol. The predicted molar refractivity (Wildman–Crippen MR) is 452 cm³/mol. The average Bonchev–Trinajstić information content (AvgIpc) is 1.77. The fourth-order valence-corrected chi connectivity index (χ4v) is 23.6. The molecule has 3 rings (SSSR count). The summed E-state index contributed by atoms with van der Waals surface area (Å²) in [5.74, 6) is -15.3. The number of aromatic nitrogens is 5. The van der Waals surface area contributed by atoms with Crippen LogP contribution in [0.5, 0.6) is 0 Å². The third kappa shape index (κ3) is 61.7. The molecule has 2 amide bonds. The zero-order chi connectivity index (χ0) is 83.2. The molecule has 0 radical (unpaired) electrons. The maximum Gasteiger partial charge on any atom is -0.693 e. The first kappa shape index (κ1) is 115. The van der Waals surface area contributed by atoms with Gasteiger partial charge in [-0.25, -0.2) is 19.4 Å². The number of aryl methyl sites for hydroxylation is 1. The number of carbonyl (C=O) groups is 13. The number of rotatable bonds is 64. The van der Waals surface area contributed by atoms with Crippen molar-refractivity contribution in [3.8, 4) is 0 Å². The van der Waals surface area contributed by atoms with Gasteiger partial charge in [0.05, 0.1) is 54.6 Å². The number of ketones is 4. The van der Waals surface area contributed by atoms with Gasteiger partial charge in [-0.05, 0) is 94.2 Å². The molecule has 39 heteroatoms. The van der Waals surface area contributed by atoms with Gasteiger partial charge in [-0.1, -0.05) is 146 Å². The predicted octanol–water partition coefficient (Wildman–Crippen LogP) is 15.6. The molecular formula is C76H127Cl2N9O22PtS3Si2. The van der Waals surface area contributed by atoms with Crippen LogP contribution < -0.4 is 10.6 Å². The summed E-state index contributed by atoms with van der Waals surface area (Å²) in [6.45, 7) is 11.9. The summed E-state index contributed by atoms with van der Waals surface area (Å²) in [7, 11) is 5.80. The summed E-state index contributed by atoms with van der Waals surface area (Å²) < 4.78 is 8.20. The average molecular weight is 1940 g/mol. The first-order valence-corrected chi connectivity index (χ1v) is 51.3. The normalized spacial score (nSPS) is 12.2. The molecule has 31 nitrogen and oxygen atoms in total. The smallest absolute Gasteiger partial charge is 0.693 e. The Kier molecular flexibility index (Phi) is 67.7. The zero-order valence-electron chi connectivity index (χ0n) is 67.1. The van der Waals surface area contributed by atoms with Crippen molar-refractivity contribution < 1.29 is 124 Å².